The van der Waals surface area contributed by atoms with Gasteiger partial charge in [-0.05, 0) is 28.3 Å². The topological polar surface area (TPSA) is 9.23 Å². The van der Waals surface area contributed by atoms with Gasteiger partial charge in [-0.2, -0.15) is 0 Å². The molecule has 0 radical (unpaired) electrons. The van der Waals surface area contributed by atoms with Crippen molar-refractivity contribution in [3.8, 4) is 5.75 Å². The van der Waals surface area contributed by atoms with Crippen LogP contribution in [0.3, 0.4) is 0 Å². The molecule has 0 saturated heterocycles. The summed E-state index contributed by atoms with van der Waals surface area (Å²) in [6, 6.07) is 10.9. The Kier molecular flexibility index (Phi) is 2.09. The summed E-state index contributed by atoms with van der Waals surface area (Å²) in [7, 11) is 0. The molecule has 1 aliphatic rings. The molecule has 2 aromatic carbocycles. The van der Waals surface area contributed by atoms with Gasteiger partial charge in [-0.15, -0.1) is 22.7 Å². The number of fused-ring (bicyclic) bond motifs is 8. The standard InChI is InChI=1S/C17H10OS2/c1-2-5-11-10(4-1)12-6-3-8-18-15(12)17-14(11)16-13(20-17)7-9-19-16/h1-7,9H,8H2. The molecule has 3 heterocycles. The van der Waals surface area contributed by atoms with Gasteiger partial charge in [-0.1, -0.05) is 30.3 Å². The lowest BCUT2D eigenvalue weighted by atomic mass is 9.99. The highest BCUT2D eigenvalue weighted by atomic mass is 32.1. The molecule has 20 heavy (non-hydrogen) atoms. The van der Waals surface area contributed by atoms with Crippen LogP contribution < -0.4 is 4.74 Å². The van der Waals surface area contributed by atoms with Crippen LogP contribution in [0.4, 0.5) is 0 Å². The molecule has 0 aliphatic carbocycles. The number of hydrogen-bond donors (Lipinski definition) is 0. The molecule has 0 spiro atoms. The van der Waals surface area contributed by atoms with E-state index in [0.717, 1.165) is 5.75 Å². The fourth-order valence-corrected chi connectivity index (χ4v) is 5.42. The molecule has 5 rings (SSSR count). The van der Waals surface area contributed by atoms with Crippen LogP contribution in [0.5, 0.6) is 5.75 Å². The first kappa shape index (κ1) is 10.9. The lowest BCUT2D eigenvalue weighted by Crippen LogP contribution is -2.00. The maximum absolute atomic E-state index is 5.97. The predicted molar refractivity (Wildman–Crippen MR) is 89.2 cm³/mol. The van der Waals surface area contributed by atoms with Crippen molar-refractivity contribution in [2.75, 3.05) is 6.61 Å². The highest BCUT2D eigenvalue weighted by molar-refractivity contribution is 7.32. The van der Waals surface area contributed by atoms with Gasteiger partial charge >= 0.3 is 0 Å². The van der Waals surface area contributed by atoms with Gasteiger partial charge in [0.2, 0.25) is 0 Å². The SMILES string of the molecule is C1=Cc2c(c3sc4ccsc4c3c3ccccc23)OC1. The van der Waals surface area contributed by atoms with Crippen LogP contribution in [-0.2, 0) is 0 Å². The minimum atomic E-state index is 0.673. The second-order valence-corrected chi connectivity index (χ2v) is 6.89. The van der Waals surface area contributed by atoms with E-state index < -0.39 is 0 Å². The number of benzene rings is 2. The third-order valence-electron chi connectivity index (χ3n) is 3.84. The first-order valence-electron chi connectivity index (χ1n) is 6.57. The van der Waals surface area contributed by atoms with Gasteiger partial charge in [0.25, 0.3) is 0 Å². The van der Waals surface area contributed by atoms with Gasteiger partial charge < -0.3 is 4.74 Å². The van der Waals surface area contributed by atoms with Gasteiger partial charge in [0.15, 0.2) is 0 Å². The summed E-state index contributed by atoms with van der Waals surface area (Å²) in [4.78, 5) is 0. The lowest BCUT2D eigenvalue weighted by molar-refractivity contribution is 0.364. The molecule has 1 nitrogen and oxygen atoms in total. The van der Waals surface area contributed by atoms with E-state index in [9.17, 15) is 0 Å². The molecule has 3 heteroatoms. The lowest BCUT2D eigenvalue weighted by Gasteiger charge is -2.16. The number of rotatable bonds is 0. The van der Waals surface area contributed by atoms with Gasteiger partial charge in [0.1, 0.15) is 12.4 Å². The summed E-state index contributed by atoms with van der Waals surface area (Å²) >= 11 is 3.68. The highest BCUT2D eigenvalue weighted by Crippen LogP contribution is 2.48. The number of thiophene rings is 2. The smallest absolute Gasteiger partial charge is 0.145 e. The average Bonchev–Trinajstić information content (AvgIpc) is 3.08. The summed E-state index contributed by atoms with van der Waals surface area (Å²) < 4.78 is 10.0. The average molecular weight is 294 g/mol. The number of ether oxygens (including phenoxy) is 1. The monoisotopic (exact) mass is 294 g/mol. The van der Waals surface area contributed by atoms with Crippen molar-refractivity contribution < 1.29 is 4.74 Å². The van der Waals surface area contributed by atoms with Crippen molar-refractivity contribution in [1.29, 1.82) is 0 Å². The van der Waals surface area contributed by atoms with Crippen molar-refractivity contribution in [2.45, 2.75) is 0 Å². The molecule has 96 valence electrons. The molecule has 1 aliphatic heterocycles. The van der Waals surface area contributed by atoms with Crippen LogP contribution >= 0.6 is 22.7 Å². The van der Waals surface area contributed by atoms with E-state index in [0.29, 0.717) is 6.61 Å². The molecule has 2 aromatic heterocycles. The van der Waals surface area contributed by atoms with Gasteiger partial charge in [-0.3, -0.25) is 0 Å². The highest BCUT2D eigenvalue weighted by Gasteiger charge is 2.20. The second-order valence-electron chi connectivity index (χ2n) is 4.92. The quantitative estimate of drug-likeness (QED) is 0.406. The second kappa shape index (κ2) is 3.84. The van der Waals surface area contributed by atoms with Crippen LogP contribution in [0.15, 0.2) is 41.8 Å². The molecule has 0 unspecified atom stereocenters. The zero-order valence-corrected chi connectivity index (χ0v) is 12.2. The van der Waals surface area contributed by atoms with E-state index in [1.807, 2.05) is 22.7 Å². The molecular formula is C17H10OS2. The van der Waals surface area contributed by atoms with Crippen molar-refractivity contribution in [1.82, 2.24) is 0 Å². The zero-order chi connectivity index (χ0) is 13.1. The third-order valence-corrected chi connectivity index (χ3v) is 6.06. The first-order chi connectivity index (χ1) is 9.93. The van der Waals surface area contributed by atoms with Crippen LogP contribution in [0, 0.1) is 0 Å². The summed E-state index contributed by atoms with van der Waals surface area (Å²) in [6.07, 6.45) is 4.30. The van der Waals surface area contributed by atoms with Crippen molar-refractivity contribution in [2.24, 2.45) is 0 Å². The third kappa shape index (κ3) is 1.27. The Morgan fingerprint density at radius 3 is 2.85 bits per heavy atom. The fraction of sp³-hybridized carbons (Fsp3) is 0.0588. The Morgan fingerprint density at radius 1 is 1.00 bits per heavy atom. The van der Waals surface area contributed by atoms with E-state index in [-0.39, 0.29) is 0 Å². The van der Waals surface area contributed by atoms with Crippen molar-refractivity contribution in [3.63, 3.8) is 0 Å². The van der Waals surface area contributed by atoms with Gasteiger partial charge in [0.05, 0.1) is 9.40 Å². The molecule has 0 N–H and O–H groups in total. The van der Waals surface area contributed by atoms with Crippen LogP contribution in [-0.4, -0.2) is 6.61 Å². The largest absolute Gasteiger partial charge is 0.487 e. The number of hydrogen-bond acceptors (Lipinski definition) is 3. The predicted octanol–water partition coefficient (Wildman–Crippen LogP) is 5.67. The van der Waals surface area contributed by atoms with E-state index in [1.165, 1.54) is 35.8 Å². The Hall–Kier alpha value is -1.84. The zero-order valence-electron chi connectivity index (χ0n) is 10.6. The van der Waals surface area contributed by atoms with Gasteiger partial charge in [-0.25, -0.2) is 0 Å². The van der Waals surface area contributed by atoms with Crippen molar-refractivity contribution >= 4 is 59.0 Å². The van der Waals surface area contributed by atoms with Crippen molar-refractivity contribution in [3.05, 3.63) is 47.4 Å². The van der Waals surface area contributed by atoms with E-state index in [1.54, 1.807) is 0 Å². The van der Waals surface area contributed by atoms with E-state index in [2.05, 4.69) is 47.9 Å². The molecule has 0 amide bonds. The van der Waals surface area contributed by atoms with Crippen LogP contribution in [0.1, 0.15) is 5.56 Å². The normalized spacial score (nSPS) is 14.0. The molecule has 4 aromatic rings. The Labute approximate surface area is 123 Å². The maximum Gasteiger partial charge on any atom is 0.145 e. The minimum Gasteiger partial charge on any atom is -0.487 e. The van der Waals surface area contributed by atoms with Crippen LogP contribution in [0.25, 0.3) is 36.3 Å². The minimum absolute atomic E-state index is 0.673. The molecular weight excluding hydrogens is 284 g/mol. The Morgan fingerprint density at radius 2 is 1.90 bits per heavy atom. The van der Waals surface area contributed by atoms with E-state index >= 15 is 0 Å². The van der Waals surface area contributed by atoms with E-state index in [4.69, 9.17) is 4.74 Å². The Bertz CT molecular complexity index is 1000. The van der Waals surface area contributed by atoms with Gasteiger partial charge in [0, 0.05) is 15.6 Å². The summed E-state index contributed by atoms with van der Waals surface area (Å²) in [5.41, 5.74) is 1.23. The molecule has 0 saturated carbocycles. The molecule has 0 fully saturated rings. The summed E-state index contributed by atoms with van der Waals surface area (Å²) in [6.45, 7) is 0.673. The molecule has 0 atom stereocenters. The molecule has 0 bridgehead atoms. The fourth-order valence-electron chi connectivity index (χ4n) is 3.02. The maximum atomic E-state index is 5.97. The van der Waals surface area contributed by atoms with Crippen LogP contribution in [0.2, 0.25) is 0 Å². The Balaban J connectivity index is 2.17. The summed E-state index contributed by atoms with van der Waals surface area (Å²) in [5.74, 6) is 1.06. The summed E-state index contributed by atoms with van der Waals surface area (Å²) in [5, 5.41) is 6.17. The first-order valence-corrected chi connectivity index (χ1v) is 8.27.